The van der Waals surface area contributed by atoms with Gasteiger partial charge in [0.2, 0.25) is 0 Å². The standard InChI is InChI=1S/C21H25.C11H17.2ClH.Zr/c1-20(2,3)16-7-9-18-14(12-16)11-15-13-17(21(4,5)6)8-10-19(15)18;1-5-9-6-7-10(8-9)11(2,3)4;;;/h7-13H,1-6H3;6-8H,5H2,1-4H3;2*1H;/q;;;;+2/p-2. The van der Waals surface area contributed by atoms with Crippen LogP contribution in [0, 0.1) is 5.41 Å². The topological polar surface area (TPSA) is 0 Å². The van der Waals surface area contributed by atoms with Gasteiger partial charge in [0.05, 0.1) is 0 Å². The molecular weight excluding hydrogens is 546 g/mol. The van der Waals surface area contributed by atoms with Gasteiger partial charge < -0.3 is 0 Å². The molecule has 2 aliphatic carbocycles. The fourth-order valence-corrected chi connectivity index (χ4v) is 18.5. The Labute approximate surface area is 225 Å². The second-order valence-corrected chi connectivity index (χ2v) is 28.7. The van der Waals surface area contributed by atoms with Crippen molar-refractivity contribution in [2.45, 2.75) is 93.2 Å². The zero-order chi connectivity index (χ0) is 26.2. The van der Waals surface area contributed by atoms with Gasteiger partial charge in [-0.05, 0) is 0 Å². The Hall–Kier alpha value is -0.617. The van der Waals surface area contributed by atoms with E-state index in [9.17, 15) is 0 Å². The van der Waals surface area contributed by atoms with Crippen molar-refractivity contribution < 1.29 is 17.9 Å². The van der Waals surface area contributed by atoms with Gasteiger partial charge in [-0.1, -0.05) is 0 Å². The average Bonchev–Trinajstić information content (AvgIpc) is 3.32. The second-order valence-electron chi connectivity index (χ2n) is 13.7. The molecule has 3 heteroatoms. The molecule has 0 aromatic heterocycles. The molecule has 0 saturated carbocycles. The zero-order valence-corrected chi connectivity index (χ0v) is 27.2. The van der Waals surface area contributed by atoms with E-state index in [1.54, 1.807) is 0 Å². The van der Waals surface area contributed by atoms with Crippen LogP contribution in [0.2, 0.25) is 3.12 Å². The summed E-state index contributed by atoms with van der Waals surface area (Å²) in [4.78, 5) is 0. The number of allylic oxidation sites excluding steroid dienone is 4. The Bertz CT molecular complexity index is 1150. The zero-order valence-electron chi connectivity index (χ0n) is 23.2. The van der Waals surface area contributed by atoms with Crippen LogP contribution in [0.25, 0.3) is 11.1 Å². The predicted molar refractivity (Wildman–Crippen MR) is 152 cm³/mol. The molecule has 0 radical (unpaired) electrons. The molecule has 1 unspecified atom stereocenters. The van der Waals surface area contributed by atoms with E-state index in [1.165, 1.54) is 39.0 Å². The summed E-state index contributed by atoms with van der Waals surface area (Å²) in [5.74, 6) is 0. The third-order valence-electron chi connectivity index (χ3n) is 8.15. The molecule has 188 valence electrons. The van der Waals surface area contributed by atoms with Crippen LogP contribution in [0.5, 0.6) is 0 Å². The molecule has 1 atom stereocenters. The Morgan fingerprint density at radius 1 is 0.743 bits per heavy atom. The van der Waals surface area contributed by atoms with Crippen molar-refractivity contribution in [2.24, 2.45) is 5.41 Å². The summed E-state index contributed by atoms with van der Waals surface area (Å²) in [6, 6.07) is 14.1. The van der Waals surface area contributed by atoms with Gasteiger partial charge in [0, 0.05) is 0 Å². The SMILES string of the molecule is CC[C]1([Zr]([Cl])([Cl])[CH]2c3cc(C(C)(C)C)ccc3-c3ccc(C(C)(C)C)cc32)C=CC(C(C)(C)C)=C1. The first-order chi connectivity index (χ1) is 15.9. The van der Waals surface area contributed by atoms with Crippen molar-refractivity contribution in [1.82, 2.24) is 0 Å². The molecule has 2 aliphatic rings. The maximum absolute atomic E-state index is 7.89. The number of rotatable bonds is 3. The third-order valence-corrected chi connectivity index (χ3v) is 22.9. The average molecular weight is 589 g/mol. The summed E-state index contributed by atoms with van der Waals surface area (Å²) in [5, 5.41) is 0. The Morgan fingerprint density at radius 3 is 1.54 bits per heavy atom. The van der Waals surface area contributed by atoms with Crippen molar-refractivity contribution in [2.75, 3.05) is 0 Å². The Morgan fingerprint density at radius 2 is 1.20 bits per heavy atom. The first-order valence-electron chi connectivity index (χ1n) is 13.0. The summed E-state index contributed by atoms with van der Waals surface area (Å²) >= 11 is -3.99. The Kier molecular flexibility index (Phi) is 6.83. The maximum atomic E-state index is 7.89. The van der Waals surface area contributed by atoms with Gasteiger partial charge in [-0.25, -0.2) is 0 Å². The van der Waals surface area contributed by atoms with Crippen LogP contribution in [0.15, 0.2) is 60.2 Å². The van der Waals surface area contributed by atoms with Crippen LogP contribution in [0.1, 0.15) is 102 Å². The summed E-state index contributed by atoms with van der Waals surface area (Å²) in [6.07, 6.45) is 8.05. The normalized spacial score (nSPS) is 20.7. The van der Waals surface area contributed by atoms with E-state index in [2.05, 4.69) is 124 Å². The minimum absolute atomic E-state index is 0.0662. The van der Waals surface area contributed by atoms with Crippen LogP contribution in [0.4, 0.5) is 0 Å². The van der Waals surface area contributed by atoms with Crippen LogP contribution in [-0.2, 0) is 28.7 Å². The number of hydrogen-bond acceptors (Lipinski definition) is 0. The van der Waals surface area contributed by atoms with Crippen molar-refractivity contribution in [1.29, 1.82) is 0 Å². The summed E-state index contributed by atoms with van der Waals surface area (Å²) in [5.41, 5.74) is 9.57. The minimum atomic E-state index is -3.99. The van der Waals surface area contributed by atoms with Crippen molar-refractivity contribution in [3.8, 4) is 11.1 Å². The van der Waals surface area contributed by atoms with Crippen molar-refractivity contribution in [3.05, 3.63) is 82.5 Å². The van der Waals surface area contributed by atoms with E-state index in [0.29, 0.717) is 0 Å². The molecule has 2 aromatic carbocycles. The van der Waals surface area contributed by atoms with Gasteiger partial charge in [0.25, 0.3) is 0 Å². The van der Waals surface area contributed by atoms with Crippen LogP contribution in [0.3, 0.4) is 0 Å². The van der Waals surface area contributed by atoms with Crippen LogP contribution in [-0.4, -0.2) is 0 Å². The molecule has 4 rings (SSSR count). The molecule has 35 heavy (non-hydrogen) atoms. The summed E-state index contributed by atoms with van der Waals surface area (Å²) < 4.78 is -0.151. The van der Waals surface area contributed by atoms with Gasteiger partial charge in [-0.3, -0.25) is 0 Å². The number of benzene rings is 2. The molecule has 0 N–H and O–H groups in total. The molecule has 0 aliphatic heterocycles. The van der Waals surface area contributed by atoms with Crippen LogP contribution < -0.4 is 0 Å². The second kappa shape index (κ2) is 8.71. The van der Waals surface area contributed by atoms with Gasteiger partial charge >= 0.3 is 227 Å². The first kappa shape index (κ1) is 27.4. The molecule has 0 fully saturated rings. The summed E-state index contributed by atoms with van der Waals surface area (Å²) in [6.45, 7) is 22.8. The van der Waals surface area contributed by atoms with Crippen molar-refractivity contribution in [3.63, 3.8) is 0 Å². The van der Waals surface area contributed by atoms with Gasteiger partial charge in [-0.15, -0.1) is 0 Å². The molecule has 0 bridgehead atoms. The van der Waals surface area contributed by atoms with Gasteiger partial charge in [-0.2, -0.15) is 0 Å². The summed E-state index contributed by atoms with van der Waals surface area (Å²) in [7, 11) is 15.8. The molecule has 0 nitrogen and oxygen atoms in total. The third kappa shape index (κ3) is 4.62. The van der Waals surface area contributed by atoms with E-state index in [0.717, 1.165) is 6.42 Å². The number of hydrogen-bond donors (Lipinski definition) is 0. The quantitative estimate of drug-likeness (QED) is 0.335. The van der Waals surface area contributed by atoms with Crippen molar-refractivity contribution >= 4 is 17.0 Å². The van der Waals surface area contributed by atoms with E-state index >= 15 is 0 Å². The van der Waals surface area contributed by atoms with E-state index in [1.807, 2.05) is 0 Å². The molecule has 0 amide bonds. The van der Waals surface area contributed by atoms with E-state index < -0.39 is 17.9 Å². The fraction of sp³-hybridized carbons (Fsp3) is 0.500. The molecular formula is C32H42Cl2Zr. The molecule has 2 aromatic rings. The first-order valence-corrected chi connectivity index (χ1v) is 22.0. The van der Waals surface area contributed by atoms with Gasteiger partial charge in [0.1, 0.15) is 0 Å². The van der Waals surface area contributed by atoms with E-state index in [-0.39, 0.29) is 23.0 Å². The van der Waals surface area contributed by atoms with Crippen LogP contribution >= 0.6 is 17.0 Å². The number of fused-ring (bicyclic) bond motifs is 3. The molecule has 0 heterocycles. The number of halogens is 2. The molecule has 0 spiro atoms. The Balaban J connectivity index is 1.99. The fourth-order valence-electron chi connectivity index (χ4n) is 5.60. The van der Waals surface area contributed by atoms with Gasteiger partial charge in [0.15, 0.2) is 0 Å². The predicted octanol–water partition coefficient (Wildman–Crippen LogP) is 10.9. The van der Waals surface area contributed by atoms with E-state index in [4.69, 9.17) is 17.0 Å². The molecule has 0 saturated heterocycles. The monoisotopic (exact) mass is 586 g/mol.